The van der Waals surface area contributed by atoms with Gasteiger partial charge in [0.15, 0.2) is 0 Å². The molecule has 2 aliphatic rings. The van der Waals surface area contributed by atoms with Crippen LogP contribution in [0.5, 0.6) is 0 Å². The SMILES string of the molecule is CC1(C)CCC(O)C(CN(CCO)C2CC2)C1. The van der Waals surface area contributed by atoms with Gasteiger partial charge < -0.3 is 10.2 Å². The fraction of sp³-hybridized carbons (Fsp3) is 1.00. The lowest BCUT2D eigenvalue weighted by Gasteiger charge is -2.40. The maximum Gasteiger partial charge on any atom is 0.0581 e. The Hall–Kier alpha value is -0.120. The maximum atomic E-state index is 10.1. The van der Waals surface area contributed by atoms with Crippen LogP contribution in [0.4, 0.5) is 0 Å². The van der Waals surface area contributed by atoms with Gasteiger partial charge >= 0.3 is 0 Å². The minimum absolute atomic E-state index is 0.136. The average Bonchev–Trinajstić information content (AvgIpc) is 3.06. The summed E-state index contributed by atoms with van der Waals surface area (Å²) in [6.45, 7) is 6.59. The lowest BCUT2D eigenvalue weighted by molar-refractivity contribution is 0.000739. The second-order valence-corrected chi connectivity index (χ2v) is 6.68. The topological polar surface area (TPSA) is 43.7 Å². The number of aliphatic hydroxyl groups excluding tert-OH is 2. The molecule has 0 heterocycles. The molecular formula is C14H27NO2. The van der Waals surface area contributed by atoms with E-state index in [4.69, 9.17) is 5.11 Å². The van der Waals surface area contributed by atoms with E-state index in [1.807, 2.05) is 0 Å². The van der Waals surface area contributed by atoms with Crippen molar-refractivity contribution in [2.24, 2.45) is 11.3 Å². The summed E-state index contributed by atoms with van der Waals surface area (Å²) in [4.78, 5) is 2.38. The Morgan fingerprint density at radius 3 is 2.53 bits per heavy atom. The lowest BCUT2D eigenvalue weighted by atomic mass is 9.70. The molecule has 3 nitrogen and oxygen atoms in total. The van der Waals surface area contributed by atoms with E-state index in [1.54, 1.807) is 0 Å². The van der Waals surface area contributed by atoms with Crippen molar-refractivity contribution in [2.75, 3.05) is 19.7 Å². The molecule has 0 bridgehead atoms. The molecule has 0 spiro atoms. The quantitative estimate of drug-likeness (QED) is 0.769. The van der Waals surface area contributed by atoms with Crippen molar-refractivity contribution in [2.45, 2.75) is 58.1 Å². The van der Waals surface area contributed by atoms with E-state index in [0.29, 0.717) is 17.4 Å². The molecule has 0 aromatic rings. The van der Waals surface area contributed by atoms with Gasteiger partial charge in [-0.3, -0.25) is 4.90 Å². The minimum atomic E-state index is -0.136. The third-order valence-electron chi connectivity index (χ3n) is 4.40. The molecule has 3 heteroatoms. The Kier molecular flexibility index (Phi) is 4.11. The van der Waals surface area contributed by atoms with Gasteiger partial charge in [-0.15, -0.1) is 0 Å². The van der Waals surface area contributed by atoms with Gasteiger partial charge in [0.2, 0.25) is 0 Å². The molecule has 2 unspecified atom stereocenters. The standard InChI is InChI=1S/C14H27NO2/c1-14(2)6-5-13(17)11(9-14)10-15(7-8-16)12-3-4-12/h11-13,16-17H,3-10H2,1-2H3. The Bertz CT molecular complexity index is 251. The molecule has 2 aliphatic carbocycles. The predicted molar refractivity (Wildman–Crippen MR) is 68.8 cm³/mol. The van der Waals surface area contributed by atoms with E-state index >= 15 is 0 Å². The first-order valence-corrected chi connectivity index (χ1v) is 7.05. The molecule has 0 aromatic carbocycles. The summed E-state index contributed by atoms with van der Waals surface area (Å²) in [5.74, 6) is 0.394. The first-order valence-electron chi connectivity index (χ1n) is 7.05. The van der Waals surface area contributed by atoms with E-state index in [0.717, 1.165) is 32.4 Å². The number of hydrogen-bond donors (Lipinski definition) is 2. The van der Waals surface area contributed by atoms with Crippen molar-refractivity contribution in [1.29, 1.82) is 0 Å². The van der Waals surface area contributed by atoms with Crippen LogP contribution in [0.3, 0.4) is 0 Å². The number of hydrogen-bond acceptors (Lipinski definition) is 3. The van der Waals surface area contributed by atoms with Gasteiger partial charge in [-0.25, -0.2) is 0 Å². The van der Waals surface area contributed by atoms with Gasteiger partial charge in [0.05, 0.1) is 12.7 Å². The minimum Gasteiger partial charge on any atom is -0.395 e. The van der Waals surface area contributed by atoms with Crippen LogP contribution in [0, 0.1) is 11.3 Å². The lowest BCUT2D eigenvalue weighted by Crippen LogP contribution is -2.42. The van der Waals surface area contributed by atoms with E-state index in [1.165, 1.54) is 12.8 Å². The highest BCUT2D eigenvalue weighted by Gasteiger charge is 2.37. The molecule has 17 heavy (non-hydrogen) atoms. The molecule has 2 rings (SSSR count). The summed E-state index contributed by atoms with van der Waals surface area (Å²) in [6, 6.07) is 0.680. The predicted octanol–water partition coefficient (Wildman–Crippen LogP) is 1.63. The van der Waals surface area contributed by atoms with Gasteiger partial charge in [-0.05, 0) is 43.4 Å². The van der Waals surface area contributed by atoms with Crippen LogP contribution in [0.1, 0.15) is 46.0 Å². The summed E-state index contributed by atoms with van der Waals surface area (Å²) in [7, 11) is 0. The van der Waals surface area contributed by atoms with E-state index < -0.39 is 0 Å². The zero-order chi connectivity index (χ0) is 12.5. The molecule has 100 valence electrons. The van der Waals surface area contributed by atoms with Crippen LogP contribution < -0.4 is 0 Å². The smallest absolute Gasteiger partial charge is 0.0581 e. The third kappa shape index (κ3) is 3.67. The van der Waals surface area contributed by atoms with E-state index in [-0.39, 0.29) is 12.7 Å². The molecule has 0 aromatic heterocycles. The highest BCUT2D eigenvalue weighted by molar-refractivity contribution is 4.90. The normalized spacial score (nSPS) is 33.0. The summed E-state index contributed by atoms with van der Waals surface area (Å²) in [5, 5.41) is 19.2. The zero-order valence-electron chi connectivity index (χ0n) is 11.2. The van der Waals surface area contributed by atoms with Crippen molar-refractivity contribution in [3.8, 4) is 0 Å². The zero-order valence-corrected chi connectivity index (χ0v) is 11.2. The molecule has 2 N–H and O–H groups in total. The summed E-state index contributed by atoms with van der Waals surface area (Å²) in [6.07, 6.45) is 5.59. The second kappa shape index (κ2) is 5.25. The average molecular weight is 241 g/mol. The number of nitrogens with zero attached hydrogens (tertiary/aromatic N) is 1. The van der Waals surface area contributed by atoms with Crippen LogP contribution in [0.2, 0.25) is 0 Å². The fourth-order valence-electron chi connectivity index (χ4n) is 3.20. The van der Waals surface area contributed by atoms with Crippen LogP contribution in [-0.4, -0.2) is 47.0 Å². The molecular weight excluding hydrogens is 214 g/mol. The number of aliphatic hydroxyl groups is 2. The Balaban J connectivity index is 1.90. The van der Waals surface area contributed by atoms with Crippen LogP contribution in [-0.2, 0) is 0 Å². The van der Waals surface area contributed by atoms with Gasteiger partial charge in [0.1, 0.15) is 0 Å². The highest BCUT2D eigenvalue weighted by Crippen LogP contribution is 2.40. The summed E-state index contributed by atoms with van der Waals surface area (Å²) >= 11 is 0. The van der Waals surface area contributed by atoms with Crippen molar-refractivity contribution in [3.05, 3.63) is 0 Å². The van der Waals surface area contributed by atoms with Crippen molar-refractivity contribution in [1.82, 2.24) is 4.90 Å². The number of rotatable bonds is 5. The van der Waals surface area contributed by atoms with Crippen molar-refractivity contribution in [3.63, 3.8) is 0 Å². The van der Waals surface area contributed by atoms with E-state index in [9.17, 15) is 5.11 Å². The van der Waals surface area contributed by atoms with Crippen LogP contribution >= 0.6 is 0 Å². The molecule has 0 amide bonds. The van der Waals surface area contributed by atoms with Gasteiger partial charge in [-0.1, -0.05) is 13.8 Å². The maximum absolute atomic E-state index is 10.1. The van der Waals surface area contributed by atoms with Crippen molar-refractivity contribution >= 4 is 0 Å². The first kappa shape index (κ1) is 13.3. The Morgan fingerprint density at radius 1 is 1.24 bits per heavy atom. The van der Waals surface area contributed by atoms with E-state index in [2.05, 4.69) is 18.7 Å². The summed E-state index contributed by atoms with van der Waals surface area (Å²) in [5.41, 5.74) is 0.373. The largest absolute Gasteiger partial charge is 0.395 e. The summed E-state index contributed by atoms with van der Waals surface area (Å²) < 4.78 is 0. The van der Waals surface area contributed by atoms with Gasteiger partial charge in [0, 0.05) is 19.1 Å². The van der Waals surface area contributed by atoms with Crippen molar-refractivity contribution < 1.29 is 10.2 Å². The second-order valence-electron chi connectivity index (χ2n) is 6.68. The molecule has 2 fully saturated rings. The van der Waals surface area contributed by atoms with Crippen LogP contribution in [0.25, 0.3) is 0 Å². The highest BCUT2D eigenvalue weighted by atomic mass is 16.3. The fourth-order valence-corrected chi connectivity index (χ4v) is 3.20. The van der Waals surface area contributed by atoms with Crippen LogP contribution in [0.15, 0.2) is 0 Å². The van der Waals surface area contributed by atoms with Gasteiger partial charge in [0.25, 0.3) is 0 Å². The molecule has 2 atom stereocenters. The Morgan fingerprint density at radius 2 is 1.94 bits per heavy atom. The van der Waals surface area contributed by atoms with Gasteiger partial charge in [-0.2, -0.15) is 0 Å². The molecule has 0 radical (unpaired) electrons. The Labute approximate surface area is 105 Å². The third-order valence-corrected chi connectivity index (χ3v) is 4.40. The monoisotopic (exact) mass is 241 g/mol. The molecule has 0 aliphatic heterocycles. The first-order chi connectivity index (χ1) is 8.02. The molecule has 0 saturated heterocycles. The molecule has 2 saturated carbocycles.